The molecule has 2 unspecified atom stereocenters. The van der Waals surface area contributed by atoms with Crippen LogP contribution < -0.4 is 11.1 Å². The third-order valence-electron chi connectivity index (χ3n) is 3.57. The zero-order valence-electron chi connectivity index (χ0n) is 11.1. The average molecular weight is 257 g/mol. The van der Waals surface area contributed by atoms with Gasteiger partial charge in [-0.2, -0.15) is 0 Å². The normalized spacial score (nSPS) is 24.6. The molecule has 3 N–H and O–H groups in total. The van der Waals surface area contributed by atoms with E-state index in [2.05, 4.69) is 17.0 Å². The number of methoxy groups -OCH3 is 1. The van der Waals surface area contributed by atoms with Gasteiger partial charge < -0.3 is 10.5 Å². The van der Waals surface area contributed by atoms with Gasteiger partial charge in [0.05, 0.1) is 13.7 Å². The summed E-state index contributed by atoms with van der Waals surface area (Å²) in [4.78, 5) is 24.6. The van der Waals surface area contributed by atoms with E-state index in [1.165, 1.54) is 7.11 Å². The fourth-order valence-electron chi connectivity index (χ4n) is 2.40. The number of carbonyl (C=O) groups is 2. The Morgan fingerprint density at radius 3 is 2.78 bits per heavy atom. The molecule has 0 aliphatic carbocycles. The number of nitrogens with two attached hydrogens (primary N) is 1. The average Bonchev–Trinajstić information content (AvgIpc) is 2.38. The van der Waals surface area contributed by atoms with Gasteiger partial charge in [0.2, 0.25) is 5.91 Å². The van der Waals surface area contributed by atoms with Crippen molar-refractivity contribution in [2.24, 2.45) is 11.7 Å². The number of hydrogen-bond donors (Lipinski definition) is 2. The van der Waals surface area contributed by atoms with Crippen molar-refractivity contribution in [2.75, 3.05) is 26.7 Å². The van der Waals surface area contributed by atoms with Crippen molar-refractivity contribution in [1.82, 2.24) is 10.2 Å². The highest BCUT2D eigenvalue weighted by Gasteiger charge is 2.28. The van der Waals surface area contributed by atoms with Gasteiger partial charge in [-0.3, -0.25) is 15.0 Å². The van der Waals surface area contributed by atoms with E-state index in [4.69, 9.17) is 5.73 Å². The summed E-state index contributed by atoms with van der Waals surface area (Å²) in [6.07, 6.45) is 2.54. The smallest absolute Gasteiger partial charge is 0.413 e. The summed E-state index contributed by atoms with van der Waals surface area (Å²) in [6.45, 7) is 3.78. The highest BCUT2D eigenvalue weighted by Crippen LogP contribution is 2.24. The highest BCUT2D eigenvalue weighted by molar-refractivity contribution is 5.92. The molecule has 0 spiro atoms. The van der Waals surface area contributed by atoms with Crippen LogP contribution in [0.1, 0.15) is 26.2 Å². The van der Waals surface area contributed by atoms with E-state index in [0.717, 1.165) is 25.8 Å². The molecular weight excluding hydrogens is 234 g/mol. The molecular formula is C12H23N3O3. The minimum absolute atomic E-state index is 0.202. The summed E-state index contributed by atoms with van der Waals surface area (Å²) in [5.41, 5.74) is 5.75. The fraction of sp³-hybridized carbons (Fsp3) is 0.833. The van der Waals surface area contributed by atoms with Crippen LogP contribution in [-0.4, -0.2) is 49.7 Å². The Morgan fingerprint density at radius 2 is 2.22 bits per heavy atom. The molecule has 1 heterocycles. The lowest BCUT2D eigenvalue weighted by atomic mass is 9.89. The summed E-state index contributed by atoms with van der Waals surface area (Å²) in [5, 5.41) is 2.16. The van der Waals surface area contributed by atoms with Crippen LogP contribution in [0.25, 0.3) is 0 Å². The van der Waals surface area contributed by atoms with Gasteiger partial charge in [0.1, 0.15) is 0 Å². The molecule has 6 nitrogen and oxygen atoms in total. The van der Waals surface area contributed by atoms with E-state index in [9.17, 15) is 9.59 Å². The standard InChI is InChI=1S/C12H23N3O3/c1-3-9-4-5-15(10(6-9)7-13)8-11(16)14-12(17)18-2/h9-10H,3-8,13H2,1-2H3,(H,14,16,17). The summed E-state index contributed by atoms with van der Waals surface area (Å²) in [5.74, 6) is 0.355. The van der Waals surface area contributed by atoms with Crippen LogP contribution in [0.4, 0.5) is 4.79 Å². The molecule has 2 atom stereocenters. The van der Waals surface area contributed by atoms with Crippen LogP contribution in [0.15, 0.2) is 0 Å². The number of hydrogen-bond acceptors (Lipinski definition) is 5. The summed E-state index contributed by atoms with van der Waals surface area (Å²) in [7, 11) is 1.23. The van der Waals surface area contributed by atoms with Gasteiger partial charge in [0.15, 0.2) is 0 Å². The molecule has 0 saturated carbocycles. The summed E-state index contributed by atoms with van der Waals surface area (Å²) < 4.78 is 4.38. The minimum atomic E-state index is -0.715. The molecule has 104 valence electrons. The largest absolute Gasteiger partial charge is 0.453 e. The maximum Gasteiger partial charge on any atom is 0.413 e. The van der Waals surface area contributed by atoms with Crippen molar-refractivity contribution < 1.29 is 14.3 Å². The Kier molecular flexibility index (Phi) is 6.07. The Hall–Kier alpha value is -1.14. The van der Waals surface area contributed by atoms with Crippen molar-refractivity contribution in [1.29, 1.82) is 0 Å². The summed E-state index contributed by atoms with van der Waals surface area (Å²) in [6, 6.07) is 0.229. The number of piperidine rings is 1. The number of amides is 2. The van der Waals surface area contributed by atoms with Crippen molar-refractivity contribution in [3.8, 4) is 0 Å². The molecule has 0 aromatic heterocycles. The van der Waals surface area contributed by atoms with Gasteiger partial charge in [-0.05, 0) is 25.3 Å². The van der Waals surface area contributed by atoms with E-state index in [1.807, 2.05) is 4.90 Å². The van der Waals surface area contributed by atoms with E-state index in [0.29, 0.717) is 12.5 Å². The molecule has 0 aromatic carbocycles. The number of likely N-dealkylation sites (tertiary alicyclic amines) is 1. The first-order valence-corrected chi connectivity index (χ1v) is 6.42. The number of rotatable bonds is 4. The minimum Gasteiger partial charge on any atom is -0.453 e. The van der Waals surface area contributed by atoms with Gasteiger partial charge in [0.25, 0.3) is 0 Å². The third kappa shape index (κ3) is 4.27. The summed E-state index contributed by atoms with van der Waals surface area (Å²) >= 11 is 0. The molecule has 18 heavy (non-hydrogen) atoms. The van der Waals surface area contributed by atoms with E-state index < -0.39 is 6.09 Å². The van der Waals surface area contributed by atoms with Crippen LogP contribution in [0.2, 0.25) is 0 Å². The lowest BCUT2D eigenvalue weighted by Gasteiger charge is -2.38. The lowest BCUT2D eigenvalue weighted by Crippen LogP contribution is -2.50. The number of carbonyl (C=O) groups excluding carboxylic acids is 2. The monoisotopic (exact) mass is 257 g/mol. The Bertz CT molecular complexity index is 296. The molecule has 0 bridgehead atoms. The molecule has 0 radical (unpaired) electrons. The second kappa shape index (κ2) is 7.33. The van der Waals surface area contributed by atoms with Crippen molar-refractivity contribution >= 4 is 12.0 Å². The first-order chi connectivity index (χ1) is 8.60. The van der Waals surface area contributed by atoms with Crippen LogP contribution in [0.3, 0.4) is 0 Å². The van der Waals surface area contributed by atoms with Crippen LogP contribution in [0.5, 0.6) is 0 Å². The molecule has 1 fully saturated rings. The van der Waals surface area contributed by atoms with Crippen molar-refractivity contribution in [3.63, 3.8) is 0 Å². The zero-order chi connectivity index (χ0) is 13.5. The third-order valence-corrected chi connectivity index (χ3v) is 3.57. The maximum atomic E-state index is 11.6. The van der Waals surface area contributed by atoms with E-state index in [-0.39, 0.29) is 18.5 Å². The van der Waals surface area contributed by atoms with Crippen molar-refractivity contribution in [2.45, 2.75) is 32.2 Å². The van der Waals surface area contributed by atoms with E-state index >= 15 is 0 Å². The van der Waals surface area contributed by atoms with Crippen LogP contribution >= 0.6 is 0 Å². The second-order valence-electron chi connectivity index (χ2n) is 4.70. The maximum absolute atomic E-state index is 11.6. The SMILES string of the molecule is CCC1CCN(CC(=O)NC(=O)OC)C(CN)C1. The molecule has 1 saturated heterocycles. The molecule has 1 rings (SSSR count). The topological polar surface area (TPSA) is 84.7 Å². The molecule has 2 amide bonds. The second-order valence-corrected chi connectivity index (χ2v) is 4.70. The fourth-order valence-corrected chi connectivity index (χ4v) is 2.40. The first kappa shape index (κ1) is 14.9. The van der Waals surface area contributed by atoms with E-state index in [1.54, 1.807) is 0 Å². The quantitative estimate of drug-likeness (QED) is 0.757. The van der Waals surface area contributed by atoms with Gasteiger partial charge in [-0.1, -0.05) is 13.3 Å². The molecule has 1 aliphatic heterocycles. The highest BCUT2D eigenvalue weighted by atomic mass is 16.5. The molecule has 6 heteroatoms. The number of imide groups is 1. The number of ether oxygens (including phenoxy) is 1. The van der Waals surface area contributed by atoms with Crippen molar-refractivity contribution in [3.05, 3.63) is 0 Å². The Labute approximate surface area is 108 Å². The first-order valence-electron chi connectivity index (χ1n) is 6.42. The molecule has 0 aromatic rings. The number of nitrogens with zero attached hydrogens (tertiary/aromatic N) is 1. The van der Waals surface area contributed by atoms with Crippen LogP contribution in [0, 0.1) is 5.92 Å². The predicted octanol–water partition coefficient (Wildman–Crippen LogP) is 0.318. The van der Waals surface area contributed by atoms with Crippen LogP contribution in [-0.2, 0) is 9.53 Å². The van der Waals surface area contributed by atoms with Gasteiger partial charge in [-0.25, -0.2) is 4.79 Å². The Morgan fingerprint density at radius 1 is 1.50 bits per heavy atom. The molecule has 1 aliphatic rings. The van der Waals surface area contributed by atoms with Gasteiger partial charge >= 0.3 is 6.09 Å². The number of nitrogens with one attached hydrogen (secondary N) is 1. The van der Waals surface area contributed by atoms with Gasteiger partial charge in [-0.15, -0.1) is 0 Å². The number of alkyl carbamates (subject to hydrolysis) is 1. The zero-order valence-corrected chi connectivity index (χ0v) is 11.1. The Balaban J connectivity index is 2.45. The van der Waals surface area contributed by atoms with Gasteiger partial charge in [0, 0.05) is 12.6 Å². The lowest BCUT2D eigenvalue weighted by molar-refractivity contribution is -0.122. The predicted molar refractivity (Wildman–Crippen MR) is 68.0 cm³/mol.